The molecular weight excluding hydrogens is 443 g/mol. The molecule has 9 heteroatoms. The van der Waals surface area contributed by atoms with Crippen LogP contribution in [0, 0.1) is 5.82 Å². The Bertz CT molecular complexity index is 1200. The van der Waals surface area contributed by atoms with Crippen molar-refractivity contribution in [1.82, 2.24) is 19.9 Å². The molecule has 5 rings (SSSR count). The average molecular weight is 477 g/mol. The Morgan fingerprint density at radius 1 is 1.14 bits per heavy atom. The molecule has 0 spiro atoms. The second kappa shape index (κ2) is 9.30. The van der Waals surface area contributed by atoms with Crippen LogP contribution in [0.15, 0.2) is 42.7 Å². The number of halogens is 1. The molecule has 0 aliphatic carbocycles. The summed E-state index contributed by atoms with van der Waals surface area (Å²) in [5.41, 5.74) is 4.16. The minimum atomic E-state index is -0.460. The Morgan fingerprint density at radius 3 is 2.66 bits per heavy atom. The Kier molecular flexibility index (Phi) is 6.19. The van der Waals surface area contributed by atoms with Crippen molar-refractivity contribution in [3.63, 3.8) is 0 Å². The summed E-state index contributed by atoms with van der Waals surface area (Å²) in [4.78, 5) is 20.1. The molecule has 2 aliphatic heterocycles. The van der Waals surface area contributed by atoms with E-state index in [-0.39, 0.29) is 11.9 Å². The maximum atomic E-state index is 14.8. The Labute approximate surface area is 206 Å². The molecule has 0 saturated carbocycles. The molecule has 35 heavy (non-hydrogen) atoms. The van der Waals surface area contributed by atoms with Gasteiger partial charge in [0.25, 0.3) is 0 Å². The molecule has 2 aromatic heterocycles. The summed E-state index contributed by atoms with van der Waals surface area (Å²) < 4.78 is 14.8. The lowest BCUT2D eigenvalue weighted by Gasteiger charge is -2.28. The summed E-state index contributed by atoms with van der Waals surface area (Å²) >= 11 is 0. The molecule has 2 unspecified atom stereocenters. The van der Waals surface area contributed by atoms with Crippen LogP contribution < -0.4 is 20.4 Å². The summed E-state index contributed by atoms with van der Waals surface area (Å²) in [5, 5.41) is 6.59. The van der Waals surface area contributed by atoms with Crippen LogP contribution in [-0.2, 0) is 0 Å². The number of likely N-dealkylation sites (N-methyl/N-ethyl adjacent to an activating group) is 1. The first-order chi connectivity index (χ1) is 16.8. The van der Waals surface area contributed by atoms with E-state index >= 15 is 0 Å². The zero-order valence-electron chi connectivity index (χ0n) is 21.0. The van der Waals surface area contributed by atoms with E-state index in [1.54, 1.807) is 0 Å². The fraction of sp³-hybridized carbons (Fsp3) is 0.423. The number of hydrogen-bond donors (Lipinski definition) is 2. The maximum Gasteiger partial charge on any atom is 0.229 e. The largest absolute Gasteiger partial charge is 0.369 e. The number of nitrogens with zero attached hydrogens (tertiary/aromatic N) is 6. The number of pyridine rings is 1. The second-order valence-electron chi connectivity index (χ2n) is 9.82. The lowest BCUT2D eigenvalue weighted by atomic mass is 10.1. The van der Waals surface area contributed by atoms with Crippen molar-refractivity contribution in [2.45, 2.75) is 45.4 Å². The van der Waals surface area contributed by atoms with E-state index in [2.05, 4.69) is 75.2 Å². The van der Waals surface area contributed by atoms with Gasteiger partial charge in [-0.2, -0.15) is 0 Å². The van der Waals surface area contributed by atoms with Crippen molar-refractivity contribution in [3.8, 4) is 11.3 Å². The molecule has 2 N–H and O–H groups in total. The van der Waals surface area contributed by atoms with Crippen LogP contribution in [0.3, 0.4) is 0 Å². The molecule has 1 saturated heterocycles. The van der Waals surface area contributed by atoms with E-state index in [1.165, 1.54) is 6.20 Å². The minimum absolute atomic E-state index is 0.177. The highest BCUT2D eigenvalue weighted by molar-refractivity contribution is 5.81. The van der Waals surface area contributed by atoms with Gasteiger partial charge in [-0.25, -0.2) is 19.3 Å². The number of fused-ring (bicyclic) bond motifs is 1. The standard InChI is InChI=1S/C26H33FN8/c1-16(2)35-17(3)30-22-8-6-18(12-23(22)35)25-21(27)14-29-26(32-25)31-24-9-7-19(13-28-24)34-11-10-20(15-34)33(4)5/h6-9,12-14,16-17,20,30H,10-11,15H2,1-5H3,(H,28,29,31,32). The van der Waals surface area contributed by atoms with Crippen molar-refractivity contribution in [1.29, 1.82) is 0 Å². The zero-order valence-corrected chi connectivity index (χ0v) is 21.0. The van der Waals surface area contributed by atoms with Gasteiger partial charge < -0.3 is 25.3 Å². The van der Waals surface area contributed by atoms with E-state index in [1.807, 2.05) is 36.5 Å². The van der Waals surface area contributed by atoms with Crippen LogP contribution in [-0.4, -0.2) is 65.3 Å². The number of aromatic nitrogens is 3. The number of nitrogens with one attached hydrogen (secondary N) is 2. The molecule has 0 radical (unpaired) electrons. The normalized spacial score (nSPS) is 19.4. The minimum Gasteiger partial charge on any atom is -0.369 e. The van der Waals surface area contributed by atoms with E-state index in [9.17, 15) is 4.39 Å². The molecule has 3 aromatic rings. The lowest BCUT2D eigenvalue weighted by Crippen LogP contribution is -2.38. The molecule has 1 fully saturated rings. The first-order valence-corrected chi connectivity index (χ1v) is 12.2. The predicted molar refractivity (Wildman–Crippen MR) is 140 cm³/mol. The van der Waals surface area contributed by atoms with Crippen LogP contribution in [0.2, 0.25) is 0 Å². The van der Waals surface area contributed by atoms with Gasteiger partial charge in [0.05, 0.1) is 35.6 Å². The summed E-state index contributed by atoms with van der Waals surface area (Å²) in [6.45, 7) is 8.43. The van der Waals surface area contributed by atoms with Crippen molar-refractivity contribution >= 4 is 28.8 Å². The molecule has 0 amide bonds. The van der Waals surface area contributed by atoms with Gasteiger partial charge in [0.1, 0.15) is 11.5 Å². The highest BCUT2D eigenvalue weighted by Gasteiger charge is 2.28. The fourth-order valence-corrected chi connectivity index (χ4v) is 5.03. The maximum absolute atomic E-state index is 14.8. The van der Waals surface area contributed by atoms with Gasteiger partial charge in [0.15, 0.2) is 5.82 Å². The van der Waals surface area contributed by atoms with Crippen molar-refractivity contribution in [3.05, 3.63) is 48.5 Å². The number of hydrogen-bond acceptors (Lipinski definition) is 8. The first kappa shape index (κ1) is 23.3. The number of rotatable bonds is 6. The smallest absolute Gasteiger partial charge is 0.229 e. The Morgan fingerprint density at radius 2 is 1.97 bits per heavy atom. The van der Waals surface area contributed by atoms with Gasteiger partial charge in [0, 0.05) is 30.7 Å². The molecule has 2 aliphatic rings. The molecule has 8 nitrogen and oxygen atoms in total. The number of benzene rings is 1. The number of anilines is 5. The van der Waals surface area contributed by atoms with Gasteiger partial charge >= 0.3 is 0 Å². The SMILES string of the molecule is CC(C)N1c2cc(-c3nc(Nc4ccc(N5CCC(N(C)C)C5)cn4)ncc3F)ccc2NC1C. The third-order valence-electron chi connectivity index (χ3n) is 6.88. The van der Waals surface area contributed by atoms with E-state index < -0.39 is 5.82 Å². The van der Waals surface area contributed by atoms with Gasteiger partial charge in [-0.3, -0.25) is 0 Å². The van der Waals surface area contributed by atoms with E-state index in [0.29, 0.717) is 29.4 Å². The predicted octanol–water partition coefficient (Wildman–Crippen LogP) is 4.55. The molecule has 4 heterocycles. The van der Waals surface area contributed by atoms with Crippen LogP contribution in [0.25, 0.3) is 11.3 Å². The first-order valence-electron chi connectivity index (χ1n) is 12.2. The topological polar surface area (TPSA) is 72.5 Å². The zero-order chi connectivity index (χ0) is 24.7. The Hall–Kier alpha value is -3.46. The van der Waals surface area contributed by atoms with Crippen molar-refractivity contribution in [2.24, 2.45) is 0 Å². The van der Waals surface area contributed by atoms with Crippen molar-refractivity contribution < 1.29 is 4.39 Å². The van der Waals surface area contributed by atoms with Gasteiger partial charge in [-0.1, -0.05) is 6.07 Å². The lowest BCUT2D eigenvalue weighted by molar-refractivity contribution is 0.315. The van der Waals surface area contributed by atoms with Gasteiger partial charge in [0.2, 0.25) is 5.95 Å². The third-order valence-corrected chi connectivity index (χ3v) is 6.88. The van der Waals surface area contributed by atoms with Crippen LogP contribution >= 0.6 is 0 Å². The van der Waals surface area contributed by atoms with Crippen molar-refractivity contribution in [2.75, 3.05) is 47.6 Å². The van der Waals surface area contributed by atoms with Gasteiger partial charge in [-0.15, -0.1) is 0 Å². The highest BCUT2D eigenvalue weighted by atomic mass is 19.1. The van der Waals surface area contributed by atoms with Crippen LogP contribution in [0.5, 0.6) is 0 Å². The highest BCUT2D eigenvalue weighted by Crippen LogP contribution is 2.39. The fourth-order valence-electron chi connectivity index (χ4n) is 5.03. The summed E-state index contributed by atoms with van der Waals surface area (Å²) in [7, 11) is 4.24. The third kappa shape index (κ3) is 4.60. The quantitative estimate of drug-likeness (QED) is 0.537. The Balaban J connectivity index is 1.35. The second-order valence-corrected chi connectivity index (χ2v) is 9.82. The average Bonchev–Trinajstić information content (AvgIpc) is 3.45. The summed E-state index contributed by atoms with van der Waals surface area (Å²) in [6.07, 6.45) is 4.39. The van der Waals surface area contributed by atoms with Crippen LogP contribution in [0.4, 0.5) is 33.2 Å². The molecule has 184 valence electrons. The summed E-state index contributed by atoms with van der Waals surface area (Å²) in [6, 6.07) is 10.7. The summed E-state index contributed by atoms with van der Waals surface area (Å²) in [5.74, 6) is 0.467. The van der Waals surface area contributed by atoms with E-state index in [0.717, 1.165) is 36.6 Å². The van der Waals surface area contributed by atoms with E-state index in [4.69, 9.17) is 0 Å². The van der Waals surface area contributed by atoms with Crippen LogP contribution in [0.1, 0.15) is 27.2 Å². The monoisotopic (exact) mass is 476 g/mol. The molecular formula is C26H33FN8. The molecule has 0 bridgehead atoms. The molecule has 1 aromatic carbocycles. The van der Waals surface area contributed by atoms with Gasteiger partial charge in [-0.05, 0) is 65.6 Å². The molecule has 2 atom stereocenters.